The molecule has 2 unspecified atom stereocenters. The Morgan fingerprint density at radius 2 is 1.79 bits per heavy atom. The maximum absolute atomic E-state index is 14.0. The Morgan fingerprint density at radius 3 is 2.26 bits per heavy atom. The summed E-state index contributed by atoms with van der Waals surface area (Å²) in [6, 6.07) is 3.89. The van der Waals surface area contributed by atoms with E-state index in [1.54, 1.807) is 45.0 Å². The minimum absolute atomic E-state index is 0.0941. The van der Waals surface area contributed by atoms with Crippen LogP contribution in [-0.2, 0) is 28.7 Å². The number of amides is 4. The minimum atomic E-state index is -1.20. The van der Waals surface area contributed by atoms with Gasteiger partial charge in [0.2, 0.25) is 17.7 Å². The molecule has 206 valence electrons. The van der Waals surface area contributed by atoms with Gasteiger partial charge in [0.15, 0.2) is 0 Å². The topological polar surface area (TPSA) is 157 Å². The van der Waals surface area contributed by atoms with E-state index in [1.165, 1.54) is 12.0 Å². The molecular formula is C27H36N4O7. The minimum Gasteiger partial charge on any atom is -0.468 e. The number of benzene rings is 1. The zero-order valence-electron chi connectivity index (χ0n) is 22.2. The summed E-state index contributed by atoms with van der Waals surface area (Å²) in [7, 11) is 1.19. The average molecular weight is 529 g/mol. The summed E-state index contributed by atoms with van der Waals surface area (Å²) in [5.41, 5.74) is 5.53. The highest BCUT2D eigenvalue weighted by Gasteiger charge is 2.42. The number of nitrogens with zero attached hydrogens (tertiary/aromatic N) is 1. The molecule has 0 radical (unpaired) electrons. The van der Waals surface area contributed by atoms with E-state index in [-0.39, 0.29) is 18.9 Å². The quantitative estimate of drug-likeness (QED) is 0.290. The Morgan fingerprint density at radius 1 is 1.16 bits per heavy atom. The van der Waals surface area contributed by atoms with Crippen molar-refractivity contribution in [1.29, 1.82) is 0 Å². The van der Waals surface area contributed by atoms with Crippen molar-refractivity contribution in [3.63, 3.8) is 0 Å². The molecule has 11 nitrogen and oxygen atoms in total. The summed E-state index contributed by atoms with van der Waals surface area (Å²) in [4.78, 5) is 64.7. The third-order valence-electron chi connectivity index (χ3n) is 5.95. The lowest BCUT2D eigenvalue weighted by atomic mass is 9.87. The Labute approximate surface area is 222 Å². The first kappa shape index (κ1) is 30.2. The highest BCUT2D eigenvalue weighted by molar-refractivity contribution is 5.93. The fourth-order valence-electron chi connectivity index (χ4n) is 3.88. The molecule has 2 atom stereocenters. The number of hydrogen-bond donors (Lipinski definition) is 3. The van der Waals surface area contributed by atoms with E-state index in [1.807, 2.05) is 0 Å². The molecule has 1 saturated carbocycles. The fourth-order valence-corrected chi connectivity index (χ4v) is 3.88. The molecule has 0 heterocycles. The number of hydrogen-bond acceptors (Lipinski definition) is 7. The molecule has 0 saturated heterocycles. The molecule has 2 rings (SSSR count). The Bertz CT molecular complexity index is 1070. The third kappa shape index (κ3) is 8.80. The van der Waals surface area contributed by atoms with Gasteiger partial charge in [0.05, 0.1) is 7.11 Å². The van der Waals surface area contributed by atoms with E-state index >= 15 is 0 Å². The molecule has 4 N–H and O–H groups in total. The first-order chi connectivity index (χ1) is 17.9. The summed E-state index contributed by atoms with van der Waals surface area (Å²) < 4.78 is 9.93. The van der Waals surface area contributed by atoms with E-state index in [9.17, 15) is 24.0 Å². The molecule has 0 spiro atoms. The van der Waals surface area contributed by atoms with Crippen LogP contribution in [0.25, 0.3) is 0 Å². The lowest BCUT2D eigenvalue weighted by molar-refractivity contribution is -0.148. The zero-order chi connectivity index (χ0) is 28.5. The first-order valence-electron chi connectivity index (χ1n) is 12.4. The smallest absolute Gasteiger partial charge is 0.408 e. The Balaban J connectivity index is 2.49. The third-order valence-corrected chi connectivity index (χ3v) is 5.95. The number of esters is 1. The molecule has 0 aliphatic heterocycles. The number of rotatable bonds is 11. The van der Waals surface area contributed by atoms with Crippen LogP contribution in [0.3, 0.4) is 0 Å². The molecule has 11 heteroatoms. The standard InChI is InChI=1S/C27H36N4O7/c1-6-17-10-12-18(13-11-17)23(24(34)29-16-22(33)37-5)31(19-8-7-9-19)25(35)20(14-15-21(28)32)30-26(36)38-27(2,3)4/h1,10-13,19-20,23H,7-9,14-16H2,2-5H3,(H2,28,32)(H,29,34)(H,30,36). The van der Waals surface area contributed by atoms with Crippen LogP contribution in [-0.4, -0.2) is 66.0 Å². The number of alkyl carbamates (subject to hydrolysis) is 1. The summed E-state index contributed by atoms with van der Waals surface area (Å²) in [5.74, 6) is -0.00433. The average Bonchev–Trinajstić information content (AvgIpc) is 2.82. The zero-order valence-corrected chi connectivity index (χ0v) is 22.2. The Hall–Kier alpha value is -4.07. The Kier molecular flexibility index (Phi) is 10.7. The SMILES string of the molecule is C#Cc1ccc(C(C(=O)NCC(=O)OC)N(C(=O)C(CCC(N)=O)NC(=O)OC(C)(C)C)C2CCC2)cc1. The molecular weight excluding hydrogens is 492 g/mol. The molecule has 1 aromatic rings. The van der Waals surface area contributed by atoms with Crippen LogP contribution in [0.2, 0.25) is 0 Å². The number of methoxy groups -OCH3 is 1. The van der Waals surface area contributed by atoms with Gasteiger partial charge in [0, 0.05) is 18.0 Å². The first-order valence-corrected chi connectivity index (χ1v) is 12.4. The van der Waals surface area contributed by atoms with Crippen molar-refractivity contribution in [1.82, 2.24) is 15.5 Å². The molecule has 0 bridgehead atoms. The molecule has 4 amide bonds. The summed E-state index contributed by atoms with van der Waals surface area (Å²) >= 11 is 0. The van der Waals surface area contributed by atoms with Crippen LogP contribution in [0.1, 0.15) is 70.0 Å². The number of carbonyl (C=O) groups is 5. The van der Waals surface area contributed by atoms with Gasteiger partial charge in [-0.3, -0.25) is 19.2 Å². The van der Waals surface area contributed by atoms with Crippen molar-refractivity contribution in [3.05, 3.63) is 35.4 Å². The van der Waals surface area contributed by atoms with Crippen LogP contribution in [0.5, 0.6) is 0 Å². The van der Waals surface area contributed by atoms with Crippen LogP contribution in [0, 0.1) is 12.3 Å². The van der Waals surface area contributed by atoms with Crippen LogP contribution in [0.15, 0.2) is 24.3 Å². The summed E-state index contributed by atoms with van der Waals surface area (Å²) in [6.45, 7) is 4.63. The van der Waals surface area contributed by atoms with Crippen LogP contribution >= 0.6 is 0 Å². The number of ether oxygens (including phenoxy) is 2. The van der Waals surface area contributed by atoms with Gasteiger partial charge in [-0.15, -0.1) is 6.42 Å². The highest BCUT2D eigenvalue weighted by Crippen LogP contribution is 2.34. The van der Waals surface area contributed by atoms with Crippen molar-refractivity contribution in [2.45, 2.75) is 76.6 Å². The number of primary amides is 1. The molecule has 1 aliphatic carbocycles. The van der Waals surface area contributed by atoms with Crippen LogP contribution < -0.4 is 16.4 Å². The van der Waals surface area contributed by atoms with Crippen molar-refractivity contribution in [2.75, 3.05) is 13.7 Å². The number of nitrogens with one attached hydrogen (secondary N) is 2. The van der Waals surface area contributed by atoms with Crippen molar-refractivity contribution < 1.29 is 33.4 Å². The van der Waals surface area contributed by atoms with E-state index in [0.29, 0.717) is 24.0 Å². The second kappa shape index (κ2) is 13.5. The van der Waals surface area contributed by atoms with E-state index in [4.69, 9.17) is 16.9 Å². The van der Waals surface area contributed by atoms with Crippen molar-refractivity contribution in [3.8, 4) is 12.3 Å². The predicted molar refractivity (Wildman–Crippen MR) is 138 cm³/mol. The van der Waals surface area contributed by atoms with Crippen LogP contribution in [0.4, 0.5) is 4.79 Å². The second-order valence-electron chi connectivity index (χ2n) is 10.00. The molecule has 38 heavy (non-hydrogen) atoms. The number of nitrogens with two attached hydrogens (primary N) is 1. The predicted octanol–water partition coefficient (Wildman–Crippen LogP) is 1.54. The van der Waals surface area contributed by atoms with Gasteiger partial charge >= 0.3 is 12.1 Å². The van der Waals surface area contributed by atoms with Crippen molar-refractivity contribution in [2.24, 2.45) is 5.73 Å². The van der Waals surface area contributed by atoms with E-state index in [0.717, 1.165) is 6.42 Å². The lowest BCUT2D eigenvalue weighted by Gasteiger charge is -2.43. The number of terminal acetylenes is 1. The summed E-state index contributed by atoms with van der Waals surface area (Å²) in [6.07, 6.45) is 6.45. The van der Waals surface area contributed by atoms with Gasteiger partial charge in [-0.25, -0.2) is 4.79 Å². The van der Waals surface area contributed by atoms with Gasteiger partial charge in [-0.05, 0) is 64.2 Å². The van der Waals surface area contributed by atoms with Gasteiger partial charge in [-0.2, -0.15) is 0 Å². The highest BCUT2D eigenvalue weighted by atomic mass is 16.6. The van der Waals surface area contributed by atoms with Gasteiger partial charge in [-0.1, -0.05) is 18.1 Å². The number of carbonyl (C=O) groups excluding carboxylic acids is 5. The fraction of sp³-hybridized carbons (Fsp3) is 0.519. The summed E-state index contributed by atoms with van der Waals surface area (Å²) in [5, 5.41) is 5.07. The second-order valence-corrected chi connectivity index (χ2v) is 10.00. The van der Waals surface area contributed by atoms with Gasteiger partial charge in [0.1, 0.15) is 24.2 Å². The molecule has 1 fully saturated rings. The maximum atomic E-state index is 14.0. The normalized spacial score (nSPS) is 14.6. The molecule has 0 aromatic heterocycles. The van der Waals surface area contributed by atoms with E-state index in [2.05, 4.69) is 21.3 Å². The van der Waals surface area contributed by atoms with E-state index < -0.39 is 54.0 Å². The monoisotopic (exact) mass is 528 g/mol. The maximum Gasteiger partial charge on any atom is 0.408 e. The lowest BCUT2D eigenvalue weighted by Crippen LogP contribution is -2.57. The molecule has 1 aliphatic rings. The van der Waals surface area contributed by atoms with Gasteiger partial charge in [0.25, 0.3) is 0 Å². The molecule has 1 aromatic carbocycles. The van der Waals surface area contributed by atoms with Gasteiger partial charge < -0.3 is 30.7 Å². The largest absolute Gasteiger partial charge is 0.468 e. The van der Waals surface area contributed by atoms with Crippen molar-refractivity contribution >= 4 is 29.8 Å².